The highest BCUT2D eigenvalue weighted by Gasteiger charge is 2.35. The molecule has 120 valence electrons. The van der Waals surface area contributed by atoms with Crippen molar-refractivity contribution in [3.63, 3.8) is 0 Å². The van der Waals surface area contributed by atoms with Crippen LogP contribution in [0.1, 0.15) is 52.3 Å². The van der Waals surface area contributed by atoms with E-state index in [9.17, 15) is 4.79 Å². The number of carbonyl (C=O) groups is 1. The molecule has 2 fully saturated rings. The summed E-state index contributed by atoms with van der Waals surface area (Å²) in [7, 11) is 1.39. The summed E-state index contributed by atoms with van der Waals surface area (Å²) in [5.74, 6) is 2.26. The third-order valence-electron chi connectivity index (χ3n) is 4.49. The number of esters is 1. The van der Waals surface area contributed by atoms with Crippen LogP contribution in [0, 0.1) is 0 Å². The molecule has 1 aromatic heterocycles. The van der Waals surface area contributed by atoms with Gasteiger partial charge in [0.05, 0.1) is 18.6 Å². The second-order valence-corrected chi connectivity index (χ2v) is 6.34. The lowest BCUT2D eigenvalue weighted by Crippen LogP contribution is -2.44. The summed E-state index contributed by atoms with van der Waals surface area (Å²) >= 11 is 0. The van der Waals surface area contributed by atoms with E-state index >= 15 is 0 Å². The van der Waals surface area contributed by atoms with Crippen LogP contribution in [0.3, 0.4) is 0 Å². The highest BCUT2D eigenvalue weighted by Crippen LogP contribution is 2.39. The minimum absolute atomic E-state index is 0.302. The summed E-state index contributed by atoms with van der Waals surface area (Å²) in [4.78, 5) is 18.3. The Kier molecular flexibility index (Phi) is 3.61. The Morgan fingerprint density at radius 2 is 2.00 bits per heavy atom. The molecule has 0 amide bonds. The van der Waals surface area contributed by atoms with Crippen molar-refractivity contribution in [1.29, 1.82) is 0 Å². The summed E-state index contributed by atoms with van der Waals surface area (Å²) in [6, 6.07) is 7.55. The van der Waals surface area contributed by atoms with E-state index in [2.05, 4.69) is 15.0 Å². The molecule has 1 saturated carbocycles. The van der Waals surface area contributed by atoms with Crippen molar-refractivity contribution in [3.8, 4) is 0 Å². The van der Waals surface area contributed by atoms with E-state index in [4.69, 9.17) is 9.26 Å². The first-order valence-electron chi connectivity index (χ1n) is 7.96. The molecule has 23 heavy (non-hydrogen) atoms. The van der Waals surface area contributed by atoms with Crippen LogP contribution in [-0.4, -0.2) is 41.2 Å². The van der Waals surface area contributed by atoms with Crippen molar-refractivity contribution in [2.24, 2.45) is 0 Å². The Morgan fingerprint density at radius 3 is 2.65 bits per heavy atom. The molecular weight excluding hydrogens is 294 g/mol. The summed E-state index contributed by atoms with van der Waals surface area (Å²) < 4.78 is 10.1. The number of carbonyl (C=O) groups excluding carboxylic acids is 1. The van der Waals surface area contributed by atoms with Gasteiger partial charge in [0.2, 0.25) is 5.89 Å². The Morgan fingerprint density at radius 1 is 1.26 bits per heavy atom. The normalized spacial score (nSPS) is 18.7. The molecule has 1 aliphatic heterocycles. The van der Waals surface area contributed by atoms with Gasteiger partial charge in [-0.05, 0) is 30.5 Å². The Balaban J connectivity index is 1.30. The predicted octanol–water partition coefficient (Wildman–Crippen LogP) is 2.33. The monoisotopic (exact) mass is 313 g/mol. The molecule has 0 radical (unpaired) electrons. The van der Waals surface area contributed by atoms with Crippen molar-refractivity contribution in [2.45, 2.75) is 31.2 Å². The first-order valence-corrected chi connectivity index (χ1v) is 7.96. The lowest BCUT2D eigenvalue weighted by molar-refractivity contribution is 0.0600. The van der Waals surface area contributed by atoms with Crippen molar-refractivity contribution in [3.05, 3.63) is 47.1 Å². The van der Waals surface area contributed by atoms with Crippen molar-refractivity contribution >= 4 is 5.97 Å². The summed E-state index contributed by atoms with van der Waals surface area (Å²) in [6.07, 6.45) is 2.38. The molecule has 1 saturated heterocycles. The lowest BCUT2D eigenvalue weighted by Gasteiger charge is -2.37. The molecule has 2 aliphatic rings. The van der Waals surface area contributed by atoms with E-state index in [1.807, 2.05) is 12.1 Å². The quantitative estimate of drug-likeness (QED) is 0.789. The molecular formula is C17H19N3O3. The van der Waals surface area contributed by atoms with Gasteiger partial charge < -0.3 is 9.26 Å². The minimum Gasteiger partial charge on any atom is -0.465 e. The molecule has 4 rings (SSSR count). The van der Waals surface area contributed by atoms with Gasteiger partial charge >= 0.3 is 5.97 Å². The minimum atomic E-state index is -0.302. The van der Waals surface area contributed by atoms with E-state index in [0.29, 0.717) is 17.4 Å². The second-order valence-electron chi connectivity index (χ2n) is 6.34. The number of methoxy groups -OCH3 is 1. The predicted molar refractivity (Wildman–Crippen MR) is 82.1 cm³/mol. The molecule has 0 N–H and O–H groups in total. The van der Waals surface area contributed by atoms with Gasteiger partial charge in [0.25, 0.3) is 0 Å². The third-order valence-corrected chi connectivity index (χ3v) is 4.49. The first kappa shape index (κ1) is 14.4. The number of hydrogen-bond acceptors (Lipinski definition) is 6. The molecule has 2 aromatic rings. The van der Waals surface area contributed by atoms with Crippen LogP contribution in [0.2, 0.25) is 0 Å². The first-order chi connectivity index (χ1) is 11.2. The van der Waals surface area contributed by atoms with Gasteiger partial charge in [-0.15, -0.1) is 0 Å². The Bertz CT molecular complexity index is 700. The van der Waals surface area contributed by atoms with Gasteiger partial charge in [-0.2, -0.15) is 4.98 Å². The molecule has 6 heteroatoms. The molecule has 1 aliphatic carbocycles. The van der Waals surface area contributed by atoms with E-state index in [1.165, 1.54) is 25.5 Å². The van der Waals surface area contributed by atoms with Gasteiger partial charge in [-0.1, -0.05) is 17.3 Å². The van der Waals surface area contributed by atoms with Crippen molar-refractivity contribution in [1.82, 2.24) is 15.0 Å². The van der Waals surface area contributed by atoms with Crippen molar-refractivity contribution < 1.29 is 14.1 Å². The number of nitrogens with zero attached hydrogens (tertiary/aromatic N) is 3. The maximum absolute atomic E-state index is 11.4. The fraction of sp³-hybridized carbons (Fsp3) is 0.471. The zero-order valence-corrected chi connectivity index (χ0v) is 13.1. The standard InChI is InChI=1S/C17H19N3O3/c1-22-17(21)13-4-2-11(3-5-13)8-20-9-14(10-20)16-18-15(19-23-16)12-6-7-12/h2-5,12,14H,6-10H2,1H3. The smallest absolute Gasteiger partial charge is 0.337 e. The van der Waals surface area contributed by atoms with E-state index in [0.717, 1.165) is 31.3 Å². The molecule has 0 unspecified atom stereocenters. The average molecular weight is 313 g/mol. The fourth-order valence-electron chi connectivity index (χ4n) is 2.90. The summed E-state index contributed by atoms with van der Waals surface area (Å²) in [5.41, 5.74) is 1.76. The van der Waals surface area contributed by atoms with Gasteiger partial charge in [-0.3, -0.25) is 4.90 Å². The number of likely N-dealkylation sites (tertiary alicyclic amines) is 1. The summed E-state index contributed by atoms with van der Waals surface area (Å²) in [6.45, 7) is 2.73. The molecule has 2 heterocycles. The van der Waals surface area contributed by atoms with Crippen molar-refractivity contribution in [2.75, 3.05) is 20.2 Å². The molecule has 0 spiro atoms. The van der Waals surface area contributed by atoms with Crippen LogP contribution in [0.4, 0.5) is 0 Å². The van der Waals surface area contributed by atoms with Gasteiger partial charge in [0.1, 0.15) is 0 Å². The number of hydrogen-bond donors (Lipinski definition) is 0. The highest BCUT2D eigenvalue weighted by atomic mass is 16.5. The van der Waals surface area contributed by atoms with Crippen LogP contribution in [-0.2, 0) is 11.3 Å². The number of rotatable bonds is 5. The zero-order valence-electron chi connectivity index (χ0n) is 13.1. The maximum atomic E-state index is 11.4. The van der Waals surface area contributed by atoms with E-state index < -0.39 is 0 Å². The Hall–Kier alpha value is -2.21. The molecule has 0 bridgehead atoms. The van der Waals surface area contributed by atoms with E-state index in [-0.39, 0.29) is 5.97 Å². The fourth-order valence-corrected chi connectivity index (χ4v) is 2.90. The third kappa shape index (κ3) is 2.99. The van der Waals surface area contributed by atoms with Crippen LogP contribution in [0.25, 0.3) is 0 Å². The van der Waals surface area contributed by atoms with Crippen LogP contribution >= 0.6 is 0 Å². The van der Waals surface area contributed by atoms with E-state index in [1.54, 1.807) is 12.1 Å². The topological polar surface area (TPSA) is 68.5 Å². The zero-order chi connectivity index (χ0) is 15.8. The summed E-state index contributed by atoms with van der Waals surface area (Å²) in [5, 5.41) is 4.08. The lowest BCUT2D eigenvalue weighted by atomic mass is 9.99. The average Bonchev–Trinajstić information content (AvgIpc) is 3.28. The molecule has 6 nitrogen and oxygen atoms in total. The number of benzene rings is 1. The number of ether oxygens (including phenoxy) is 1. The van der Waals surface area contributed by atoms with Crippen LogP contribution in [0.5, 0.6) is 0 Å². The number of aromatic nitrogens is 2. The van der Waals surface area contributed by atoms with Gasteiger partial charge in [0, 0.05) is 25.6 Å². The largest absolute Gasteiger partial charge is 0.465 e. The molecule has 1 aromatic carbocycles. The van der Waals surface area contributed by atoms with Gasteiger partial charge in [0.15, 0.2) is 5.82 Å². The second kappa shape index (κ2) is 5.77. The highest BCUT2D eigenvalue weighted by molar-refractivity contribution is 5.89. The SMILES string of the molecule is COC(=O)c1ccc(CN2CC(c3nc(C4CC4)no3)C2)cc1. The van der Waals surface area contributed by atoms with Crippen LogP contribution < -0.4 is 0 Å². The van der Waals surface area contributed by atoms with Crippen LogP contribution in [0.15, 0.2) is 28.8 Å². The Labute approximate surface area is 134 Å². The molecule has 0 atom stereocenters. The van der Waals surface area contributed by atoms with Gasteiger partial charge in [-0.25, -0.2) is 4.79 Å². The maximum Gasteiger partial charge on any atom is 0.337 e.